The molecule has 8 heteroatoms. The maximum atomic E-state index is 6.15. The first-order chi connectivity index (χ1) is 16.4. The fourth-order valence-corrected chi connectivity index (χ4v) is 3.64. The molecule has 8 nitrogen and oxygen atoms in total. The summed E-state index contributed by atoms with van der Waals surface area (Å²) in [6.45, 7) is 4.74. The Hall–Kier alpha value is -4.09. The van der Waals surface area contributed by atoms with E-state index in [1.807, 2.05) is 54.8 Å². The van der Waals surface area contributed by atoms with Crippen LogP contribution in [0.4, 0.5) is 0 Å². The van der Waals surface area contributed by atoms with Crippen molar-refractivity contribution >= 4 is 11.2 Å². The van der Waals surface area contributed by atoms with E-state index in [1.54, 1.807) is 25.8 Å². The summed E-state index contributed by atoms with van der Waals surface area (Å²) < 4.78 is 19.3. The van der Waals surface area contributed by atoms with Gasteiger partial charge < -0.3 is 24.5 Å². The first-order valence-corrected chi connectivity index (χ1v) is 10.9. The van der Waals surface area contributed by atoms with Crippen LogP contribution in [0.1, 0.15) is 36.6 Å². The second-order valence-electron chi connectivity index (χ2n) is 8.74. The van der Waals surface area contributed by atoms with Crippen molar-refractivity contribution in [2.45, 2.75) is 32.0 Å². The van der Waals surface area contributed by atoms with Gasteiger partial charge in [0.1, 0.15) is 12.1 Å². The standard InChI is InChI=1S/C26H25N5O3/c1-26(2,27)9-8-17-10-20-25(29-12-17)31(16-30-20)14-18-4-6-21-22(11-18)33-15-23(34-21)19-5-7-24(32-3)28-13-19/h4-7,10-13,16,23H,14-15,27H2,1-3H3/t23-/m0/s1. The second-order valence-corrected chi connectivity index (χ2v) is 8.74. The third-order valence-corrected chi connectivity index (χ3v) is 5.35. The van der Waals surface area contributed by atoms with Crippen LogP contribution in [-0.4, -0.2) is 38.8 Å². The van der Waals surface area contributed by atoms with Crippen LogP contribution in [0.2, 0.25) is 0 Å². The van der Waals surface area contributed by atoms with Crippen molar-refractivity contribution in [1.82, 2.24) is 19.5 Å². The summed E-state index contributed by atoms with van der Waals surface area (Å²) in [6.07, 6.45) is 5.06. The van der Waals surface area contributed by atoms with Gasteiger partial charge in [0, 0.05) is 29.6 Å². The highest BCUT2D eigenvalue weighted by Gasteiger charge is 2.23. The monoisotopic (exact) mass is 455 g/mol. The van der Waals surface area contributed by atoms with Gasteiger partial charge in [0.2, 0.25) is 5.88 Å². The number of ether oxygens (including phenoxy) is 3. The van der Waals surface area contributed by atoms with Crippen LogP contribution >= 0.6 is 0 Å². The lowest BCUT2D eigenvalue weighted by molar-refractivity contribution is 0.0908. The molecule has 0 fully saturated rings. The first kappa shape index (κ1) is 21.7. The van der Waals surface area contributed by atoms with Gasteiger partial charge >= 0.3 is 0 Å². The van der Waals surface area contributed by atoms with E-state index in [0.717, 1.165) is 33.6 Å². The molecule has 34 heavy (non-hydrogen) atoms. The summed E-state index contributed by atoms with van der Waals surface area (Å²) in [7, 11) is 1.59. The van der Waals surface area contributed by atoms with Gasteiger partial charge in [0.15, 0.2) is 23.3 Å². The number of hydrogen-bond donors (Lipinski definition) is 1. The van der Waals surface area contributed by atoms with E-state index in [1.165, 1.54) is 0 Å². The zero-order chi connectivity index (χ0) is 23.7. The van der Waals surface area contributed by atoms with Crippen molar-refractivity contribution in [3.8, 4) is 29.2 Å². The van der Waals surface area contributed by atoms with Gasteiger partial charge in [-0.25, -0.2) is 15.0 Å². The van der Waals surface area contributed by atoms with Crippen molar-refractivity contribution in [1.29, 1.82) is 0 Å². The molecule has 1 atom stereocenters. The molecule has 0 spiro atoms. The fourth-order valence-electron chi connectivity index (χ4n) is 3.64. The number of methoxy groups -OCH3 is 1. The molecule has 5 rings (SSSR count). The molecule has 1 aromatic carbocycles. The Balaban J connectivity index is 1.32. The van der Waals surface area contributed by atoms with E-state index in [2.05, 4.69) is 26.8 Å². The van der Waals surface area contributed by atoms with Gasteiger partial charge in [-0.15, -0.1) is 0 Å². The van der Waals surface area contributed by atoms with Gasteiger partial charge in [0.05, 0.1) is 25.5 Å². The molecule has 0 saturated carbocycles. The number of nitrogens with zero attached hydrogens (tertiary/aromatic N) is 4. The van der Waals surface area contributed by atoms with E-state index in [4.69, 9.17) is 19.9 Å². The molecular weight excluding hydrogens is 430 g/mol. The minimum Gasteiger partial charge on any atom is -0.485 e. The highest BCUT2D eigenvalue weighted by Crippen LogP contribution is 2.37. The number of rotatable bonds is 4. The summed E-state index contributed by atoms with van der Waals surface area (Å²) in [6, 6.07) is 11.6. The van der Waals surface area contributed by atoms with Gasteiger partial charge in [-0.3, -0.25) is 0 Å². The number of nitrogens with two attached hydrogens (primary N) is 1. The molecule has 0 saturated heterocycles. The minimum absolute atomic E-state index is 0.222. The van der Waals surface area contributed by atoms with E-state index < -0.39 is 5.54 Å². The quantitative estimate of drug-likeness (QED) is 0.471. The molecule has 1 aliphatic heterocycles. The fraction of sp³-hybridized carbons (Fsp3) is 0.269. The SMILES string of the molecule is COc1ccc([C@@H]2COc3cc(Cn4cnc5cc(C#CC(C)(C)N)cnc54)ccc3O2)cn1. The Morgan fingerprint density at radius 2 is 2.00 bits per heavy atom. The van der Waals surface area contributed by atoms with Crippen molar-refractivity contribution in [2.24, 2.45) is 5.73 Å². The average molecular weight is 456 g/mol. The molecule has 4 heterocycles. The Kier molecular flexibility index (Phi) is 5.56. The van der Waals surface area contributed by atoms with E-state index in [-0.39, 0.29) is 6.10 Å². The van der Waals surface area contributed by atoms with Crippen LogP contribution in [0.15, 0.2) is 55.1 Å². The lowest BCUT2D eigenvalue weighted by atomic mass is 10.1. The second kappa shape index (κ2) is 8.69. The minimum atomic E-state index is -0.557. The highest BCUT2D eigenvalue weighted by molar-refractivity contribution is 5.72. The van der Waals surface area contributed by atoms with Gasteiger partial charge in [-0.1, -0.05) is 17.9 Å². The normalized spacial score (nSPS) is 15.0. The van der Waals surface area contributed by atoms with Crippen LogP contribution < -0.4 is 19.9 Å². The van der Waals surface area contributed by atoms with Gasteiger partial charge in [-0.2, -0.15) is 0 Å². The third kappa shape index (κ3) is 4.65. The Morgan fingerprint density at radius 3 is 2.76 bits per heavy atom. The number of imidazole rings is 1. The summed E-state index contributed by atoms with van der Waals surface area (Å²) in [5.74, 6) is 8.07. The molecule has 0 amide bonds. The van der Waals surface area contributed by atoms with Crippen molar-refractivity contribution in [3.05, 3.63) is 71.8 Å². The average Bonchev–Trinajstić information content (AvgIpc) is 3.24. The number of fused-ring (bicyclic) bond motifs is 2. The topological polar surface area (TPSA) is 97.3 Å². The lowest BCUT2D eigenvalue weighted by Gasteiger charge is -2.27. The molecule has 1 aliphatic rings. The van der Waals surface area contributed by atoms with Crippen molar-refractivity contribution in [3.63, 3.8) is 0 Å². The van der Waals surface area contributed by atoms with Crippen LogP contribution in [0.3, 0.4) is 0 Å². The van der Waals surface area contributed by atoms with Gasteiger partial charge in [-0.05, 0) is 43.7 Å². The van der Waals surface area contributed by atoms with Crippen molar-refractivity contribution < 1.29 is 14.2 Å². The predicted octanol–water partition coefficient (Wildman–Crippen LogP) is 3.48. The van der Waals surface area contributed by atoms with Crippen LogP contribution in [-0.2, 0) is 6.54 Å². The van der Waals surface area contributed by atoms with Crippen LogP contribution in [0.5, 0.6) is 17.4 Å². The Bertz CT molecular complexity index is 1390. The molecule has 172 valence electrons. The number of benzene rings is 1. The van der Waals surface area contributed by atoms with Gasteiger partial charge in [0.25, 0.3) is 0 Å². The molecule has 0 aliphatic carbocycles. The number of pyridine rings is 2. The summed E-state index contributed by atoms with van der Waals surface area (Å²) in [5, 5.41) is 0. The zero-order valence-corrected chi connectivity index (χ0v) is 19.3. The van der Waals surface area contributed by atoms with Crippen molar-refractivity contribution in [2.75, 3.05) is 13.7 Å². The summed E-state index contributed by atoms with van der Waals surface area (Å²) in [4.78, 5) is 13.3. The third-order valence-electron chi connectivity index (χ3n) is 5.35. The maximum Gasteiger partial charge on any atom is 0.212 e. The lowest BCUT2D eigenvalue weighted by Crippen LogP contribution is -2.29. The smallest absolute Gasteiger partial charge is 0.212 e. The molecule has 4 aromatic rings. The van der Waals surface area contributed by atoms with E-state index in [0.29, 0.717) is 24.8 Å². The maximum absolute atomic E-state index is 6.15. The largest absolute Gasteiger partial charge is 0.485 e. The van der Waals surface area contributed by atoms with Crippen LogP contribution in [0.25, 0.3) is 11.2 Å². The first-order valence-electron chi connectivity index (χ1n) is 10.9. The zero-order valence-electron chi connectivity index (χ0n) is 19.3. The molecule has 3 aromatic heterocycles. The molecule has 0 unspecified atom stereocenters. The van der Waals surface area contributed by atoms with Crippen LogP contribution in [0, 0.1) is 11.8 Å². The predicted molar refractivity (Wildman–Crippen MR) is 128 cm³/mol. The molecule has 0 radical (unpaired) electrons. The Morgan fingerprint density at radius 1 is 1.12 bits per heavy atom. The number of aromatic nitrogens is 4. The molecular formula is C26H25N5O3. The molecule has 0 bridgehead atoms. The van der Waals surface area contributed by atoms with E-state index in [9.17, 15) is 0 Å². The summed E-state index contributed by atoms with van der Waals surface area (Å²) >= 11 is 0. The highest BCUT2D eigenvalue weighted by atomic mass is 16.6. The number of hydrogen-bond acceptors (Lipinski definition) is 7. The Labute approximate surface area is 197 Å². The summed E-state index contributed by atoms with van der Waals surface area (Å²) in [5.41, 5.74) is 9.74. The van der Waals surface area contributed by atoms with E-state index >= 15 is 0 Å². The molecule has 2 N–H and O–H groups in total.